The third kappa shape index (κ3) is 2.32. The standard InChI is InChI=1S/C17H15NS/c1-12(11-18)6-7-13-8-9-17-15(10-13)14-4-2-3-5-16(14)19-17/h2-6,8-11,18H,7H2,1H3/b12-6-,18-11?. The molecule has 0 radical (unpaired) electrons. The summed E-state index contributed by atoms with van der Waals surface area (Å²) in [4.78, 5) is 0. The molecule has 1 aromatic heterocycles. The number of thiophene rings is 1. The lowest BCUT2D eigenvalue weighted by atomic mass is 10.1. The summed E-state index contributed by atoms with van der Waals surface area (Å²) >= 11 is 1.85. The quantitative estimate of drug-likeness (QED) is 0.630. The third-order valence-electron chi connectivity index (χ3n) is 3.33. The fourth-order valence-electron chi connectivity index (χ4n) is 2.24. The van der Waals surface area contributed by atoms with Gasteiger partial charge < -0.3 is 5.41 Å². The lowest BCUT2D eigenvalue weighted by Crippen LogP contribution is -1.83. The molecular weight excluding hydrogens is 250 g/mol. The highest BCUT2D eigenvalue weighted by Crippen LogP contribution is 2.34. The fraction of sp³-hybridized carbons (Fsp3) is 0.118. The second kappa shape index (κ2) is 4.98. The lowest BCUT2D eigenvalue weighted by molar-refractivity contribution is 1.26. The number of hydrogen-bond acceptors (Lipinski definition) is 2. The zero-order chi connectivity index (χ0) is 13.2. The number of rotatable bonds is 3. The normalized spacial score (nSPS) is 12.2. The van der Waals surface area contributed by atoms with Crippen molar-refractivity contribution in [2.24, 2.45) is 0 Å². The first-order chi connectivity index (χ1) is 9.28. The average molecular weight is 265 g/mol. The largest absolute Gasteiger partial charge is 0.308 e. The number of fused-ring (bicyclic) bond motifs is 3. The topological polar surface area (TPSA) is 23.9 Å². The summed E-state index contributed by atoms with van der Waals surface area (Å²) in [6, 6.07) is 15.2. The third-order valence-corrected chi connectivity index (χ3v) is 4.48. The van der Waals surface area contributed by atoms with Gasteiger partial charge in [-0.2, -0.15) is 0 Å². The van der Waals surface area contributed by atoms with E-state index in [1.807, 2.05) is 18.3 Å². The molecule has 0 saturated heterocycles. The van der Waals surface area contributed by atoms with Crippen LogP contribution in [0.25, 0.3) is 20.2 Å². The molecule has 2 aromatic carbocycles. The molecule has 3 aromatic rings. The molecule has 1 heterocycles. The molecule has 1 nitrogen and oxygen atoms in total. The molecule has 0 aliphatic carbocycles. The Labute approximate surface area is 116 Å². The maximum atomic E-state index is 7.20. The maximum Gasteiger partial charge on any atom is 0.0355 e. The number of allylic oxidation sites excluding steroid dienone is 2. The van der Waals surface area contributed by atoms with Crippen LogP contribution in [0.4, 0.5) is 0 Å². The van der Waals surface area contributed by atoms with Gasteiger partial charge in [0.1, 0.15) is 0 Å². The summed E-state index contributed by atoms with van der Waals surface area (Å²) in [5.41, 5.74) is 2.31. The zero-order valence-corrected chi connectivity index (χ0v) is 11.6. The predicted molar refractivity (Wildman–Crippen MR) is 85.6 cm³/mol. The Bertz CT molecular complexity index is 780. The van der Waals surface area contributed by atoms with Crippen LogP contribution in [0, 0.1) is 5.41 Å². The first-order valence-electron chi connectivity index (χ1n) is 6.35. The SMILES string of the molecule is C/C(C=N)=C/Cc1ccc2sc3ccccc3c2c1. The van der Waals surface area contributed by atoms with Gasteiger partial charge in [0.2, 0.25) is 0 Å². The van der Waals surface area contributed by atoms with Crippen molar-refractivity contribution in [3.63, 3.8) is 0 Å². The van der Waals surface area contributed by atoms with Crippen molar-refractivity contribution in [1.29, 1.82) is 5.41 Å². The van der Waals surface area contributed by atoms with Crippen LogP contribution in [0.15, 0.2) is 54.1 Å². The van der Waals surface area contributed by atoms with Crippen molar-refractivity contribution in [3.8, 4) is 0 Å². The fourth-order valence-corrected chi connectivity index (χ4v) is 3.32. The van der Waals surface area contributed by atoms with Crippen molar-refractivity contribution in [1.82, 2.24) is 0 Å². The van der Waals surface area contributed by atoms with Gasteiger partial charge in [-0.05, 0) is 42.7 Å². The van der Waals surface area contributed by atoms with Gasteiger partial charge in [-0.1, -0.05) is 30.3 Å². The Morgan fingerprint density at radius 1 is 1.11 bits per heavy atom. The highest BCUT2D eigenvalue weighted by molar-refractivity contribution is 7.25. The molecule has 0 bridgehead atoms. The van der Waals surface area contributed by atoms with Crippen molar-refractivity contribution in [2.75, 3.05) is 0 Å². The molecule has 0 aliphatic rings. The molecule has 0 saturated carbocycles. The van der Waals surface area contributed by atoms with E-state index in [0.29, 0.717) is 0 Å². The number of benzene rings is 2. The second-order valence-corrected chi connectivity index (χ2v) is 5.81. The summed E-state index contributed by atoms with van der Waals surface area (Å²) in [6.07, 6.45) is 4.39. The molecular formula is C17H15NS. The van der Waals surface area contributed by atoms with Crippen LogP contribution >= 0.6 is 11.3 Å². The molecule has 19 heavy (non-hydrogen) atoms. The summed E-state index contributed by atoms with van der Waals surface area (Å²) in [6.45, 7) is 1.96. The van der Waals surface area contributed by atoms with Gasteiger partial charge >= 0.3 is 0 Å². The molecule has 1 N–H and O–H groups in total. The molecule has 0 aliphatic heterocycles. The summed E-state index contributed by atoms with van der Waals surface area (Å²) < 4.78 is 2.69. The van der Waals surface area contributed by atoms with E-state index in [0.717, 1.165) is 12.0 Å². The average Bonchev–Trinajstić information content (AvgIpc) is 2.82. The van der Waals surface area contributed by atoms with E-state index in [1.54, 1.807) is 0 Å². The first kappa shape index (κ1) is 12.1. The zero-order valence-electron chi connectivity index (χ0n) is 10.8. The van der Waals surface area contributed by atoms with E-state index in [9.17, 15) is 0 Å². The molecule has 0 spiro atoms. The van der Waals surface area contributed by atoms with Crippen LogP contribution in [0.1, 0.15) is 12.5 Å². The van der Waals surface area contributed by atoms with Gasteiger partial charge in [-0.25, -0.2) is 0 Å². The predicted octanol–water partition coefficient (Wildman–Crippen LogP) is 5.19. The molecule has 0 fully saturated rings. The summed E-state index contributed by atoms with van der Waals surface area (Å²) in [7, 11) is 0. The smallest absolute Gasteiger partial charge is 0.0355 e. The Morgan fingerprint density at radius 2 is 1.89 bits per heavy atom. The van der Waals surface area contributed by atoms with Gasteiger partial charge in [-0.15, -0.1) is 11.3 Å². The molecule has 0 atom stereocenters. The number of nitrogens with one attached hydrogen (secondary N) is 1. The van der Waals surface area contributed by atoms with Gasteiger partial charge in [0.15, 0.2) is 0 Å². The van der Waals surface area contributed by atoms with E-state index in [4.69, 9.17) is 5.41 Å². The van der Waals surface area contributed by atoms with Gasteiger partial charge in [-0.3, -0.25) is 0 Å². The molecule has 2 heteroatoms. The van der Waals surface area contributed by atoms with Gasteiger partial charge in [0, 0.05) is 26.4 Å². The monoisotopic (exact) mass is 265 g/mol. The van der Waals surface area contributed by atoms with Crippen molar-refractivity contribution < 1.29 is 0 Å². The number of hydrogen-bond donors (Lipinski definition) is 1. The molecule has 0 unspecified atom stereocenters. The minimum Gasteiger partial charge on any atom is -0.308 e. The van der Waals surface area contributed by atoms with E-state index < -0.39 is 0 Å². The summed E-state index contributed by atoms with van der Waals surface area (Å²) in [5.74, 6) is 0. The highest BCUT2D eigenvalue weighted by atomic mass is 32.1. The van der Waals surface area contributed by atoms with Crippen molar-refractivity contribution in [2.45, 2.75) is 13.3 Å². The van der Waals surface area contributed by atoms with Crippen LogP contribution < -0.4 is 0 Å². The maximum absolute atomic E-state index is 7.20. The molecule has 3 rings (SSSR count). The van der Waals surface area contributed by atoms with Crippen molar-refractivity contribution in [3.05, 3.63) is 59.7 Å². The van der Waals surface area contributed by atoms with Crippen LogP contribution in [-0.2, 0) is 6.42 Å². The minimum atomic E-state index is 0.890. The van der Waals surface area contributed by atoms with Gasteiger partial charge in [0.25, 0.3) is 0 Å². The second-order valence-electron chi connectivity index (χ2n) is 4.73. The van der Waals surface area contributed by atoms with Crippen LogP contribution in [0.5, 0.6) is 0 Å². The van der Waals surface area contributed by atoms with Crippen LogP contribution in [0.3, 0.4) is 0 Å². The lowest BCUT2D eigenvalue weighted by Gasteiger charge is -1.98. The minimum absolute atomic E-state index is 0.890. The molecule has 0 amide bonds. The Kier molecular flexibility index (Phi) is 3.18. The Hall–Kier alpha value is -1.93. The van der Waals surface area contributed by atoms with Gasteiger partial charge in [0.05, 0.1) is 0 Å². The van der Waals surface area contributed by atoms with Crippen molar-refractivity contribution >= 4 is 37.7 Å². The van der Waals surface area contributed by atoms with E-state index in [-0.39, 0.29) is 0 Å². The van der Waals surface area contributed by atoms with Crippen LogP contribution in [-0.4, -0.2) is 6.21 Å². The first-order valence-corrected chi connectivity index (χ1v) is 7.17. The van der Waals surface area contributed by atoms with Crippen LogP contribution in [0.2, 0.25) is 0 Å². The Balaban J connectivity index is 2.09. The molecule has 94 valence electrons. The van der Waals surface area contributed by atoms with E-state index >= 15 is 0 Å². The van der Waals surface area contributed by atoms with E-state index in [2.05, 4.69) is 48.5 Å². The summed E-state index contributed by atoms with van der Waals surface area (Å²) in [5, 5.41) is 9.89. The van der Waals surface area contributed by atoms with E-state index in [1.165, 1.54) is 32.0 Å². The highest BCUT2D eigenvalue weighted by Gasteiger charge is 2.04. The Morgan fingerprint density at radius 3 is 2.74 bits per heavy atom.